The molecule has 0 radical (unpaired) electrons. The van der Waals surface area contributed by atoms with Crippen LogP contribution in [0.4, 0.5) is 0 Å². The Balaban J connectivity index is 1.91. The van der Waals surface area contributed by atoms with Crippen molar-refractivity contribution < 1.29 is 19.3 Å². The van der Waals surface area contributed by atoms with Gasteiger partial charge in [-0.3, -0.25) is 0 Å². The summed E-state index contributed by atoms with van der Waals surface area (Å²) in [6.45, 7) is 0.572. The second-order valence-electron chi connectivity index (χ2n) is 2.93. The molecule has 2 unspecified atom stereocenters. The highest BCUT2D eigenvalue weighted by molar-refractivity contribution is 5.03. The molecule has 3 fully saturated rings. The molecule has 0 aromatic rings. The van der Waals surface area contributed by atoms with Gasteiger partial charge in [0.1, 0.15) is 24.4 Å². The third kappa shape index (κ3) is 0.509. The Kier molecular flexibility index (Phi) is 0.840. The van der Waals surface area contributed by atoms with Crippen molar-refractivity contribution in [1.82, 2.24) is 0 Å². The molecule has 1 N–H and O–H groups in total. The van der Waals surface area contributed by atoms with E-state index in [4.69, 9.17) is 14.2 Å². The van der Waals surface area contributed by atoms with E-state index in [2.05, 4.69) is 0 Å². The highest BCUT2D eigenvalue weighted by atomic mass is 16.8. The molecule has 3 aliphatic rings. The van der Waals surface area contributed by atoms with E-state index in [9.17, 15) is 5.11 Å². The maximum atomic E-state index is 9.33. The fourth-order valence-electron chi connectivity index (χ4n) is 1.66. The minimum Gasteiger partial charge on any atom is -0.385 e. The lowest BCUT2D eigenvalue weighted by molar-refractivity contribution is -0.143. The first-order valence-electron chi connectivity index (χ1n) is 3.47. The molecular weight excluding hydrogens is 136 g/mol. The number of hydrogen-bond acceptors (Lipinski definition) is 4. The van der Waals surface area contributed by atoms with Gasteiger partial charge in [0, 0.05) is 0 Å². The van der Waals surface area contributed by atoms with Gasteiger partial charge in [-0.05, 0) is 0 Å². The van der Waals surface area contributed by atoms with Gasteiger partial charge in [0.2, 0.25) is 0 Å². The van der Waals surface area contributed by atoms with Gasteiger partial charge in [-0.25, -0.2) is 0 Å². The van der Waals surface area contributed by atoms with Crippen LogP contribution in [0.1, 0.15) is 0 Å². The first kappa shape index (κ1) is 5.49. The maximum Gasteiger partial charge on any atom is 0.186 e. The molecule has 0 spiro atoms. The van der Waals surface area contributed by atoms with Crippen molar-refractivity contribution in [2.75, 3.05) is 6.61 Å². The minimum absolute atomic E-state index is 0.00810. The van der Waals surface area contributed by atoms with Crippen molar-refractivity contribution in [3.63, 3.8) is 0 Å². The third-order valence-electron chi connectivity index (χ3n) is 2.28. The van der Waals surface area contributed by atoms with E-state index in [1.165, 1.54) is 0 Å². The topological polar surface area (TPSA) is 51.2 Å². The summed E-state index contributed by atoms with van der Waals surface area (Å²) in [5.41, 5.74) is 0. The summed E-state index contributed by atoms with van der Waals surface area (Å²) in [5, 5.41) is 9.33. The van der Waals surface area contributed by atoms with E-state index in [-0.39, 0.29) is 18.3 Å². The molecule has 0 aliphatic carbocycles. The van der Waals surface area contributed by atoms with Crippen LogP contribution in [-0.4, -0.2) is 42.4 Å². The molecule has 0 amide bonds. The summed E-state index contributed by atoms with van der Waals surface area (Å²) < 4.78 is 15.6. The SMILES string of the molecule is O[C@H]1C2OCC(O2)[C@H]2O[C@H]21. The van der Waals surface area contributed by atoms with Crippen LogP contribution >= 0.6 is 0 Å². The number of aliphatic hydroxyl groups excluding tert-OH is 1. The minimum atomic E-state index is -0.566. The van der Waals surface area contributed by atoms with Crippen LogP contribution in [0.15, 0.2) is 0 Å². The lowest BCUT2D eigenvalue weighted by Gasteiger charge is -2.18. The van der Waals surface area contributed by atoms with Gasteiger partial charge >= 0.3 is 0 Å². The number of rotatable bonds is 0. The van der Waals surface area contributed by atoms with Crippen molar-refractivity contribution >= 4 is 0 Å². The highest BCUT2D eigenvalue weighted by Crippen LogP contribution is 2.41. The van der Waals surface area contributed by atoms with Crippen molar-refractivity contribution in [3.05, 3.63) is 0 Å². The zero-order valence-corrected chi connectivity index (χ0v) is 5.27. The van der Waals surface area contributed by atoms with Crippen molar-refractivity contribution in [1.29, 1.82) is 0 Å². The van der Waals surface area contributed by atoms with Crippen molar-refractivity contribution in [2.45, 2.75) is 30.7 Å². The normalized spacial score (nSPS) is 63.9. The van der Waals surface area contributed by atoms with Gasteiger partial charge in [0.05, 0.1) is 6.61 Å². The Labute approximate surface area is 57.7 Å². The summed E-state index contributed by atoms with van der Waals surface area (Å²) in [6, 6.07) is 0. The molecule has 3 heterocycles. The Bertz CT molecular complexity index is 169. The van der Waals surface area contributed by atoms with Crippen LogP contribution in [0, 0.1) is 0 Å². The number of fused-ring (bicyclic) bond motifs is 4. The molecule has 2 bridgehead atoms. The first-order chi connectivity index (χ1) is 4.86. The second kappa shape index (κ2) is 1.53. The van der Waals surface area contributed by atoms with Crippen LogP contribution in [0.25, 0.3) is 0 Å². The zero-order chi connectivity index (χ0) is 6.72. The van der Waals surface area contributed by atoms with E-state index in [0.717, 1.165) is 0 Å². The van der Waals surface area contributed by atoms with Crippen LogP contribution in [0.3, 0.4) is 0 Å². The van der Waals surface area contributed by atoms with Crippen LogP contribution < -0.4 is 0 Å². The summed E-state index contributed by atoms with van der Waals surface area (Å²) >= 11 is 0. The van der Waals surface area contributed by atoms with E-state index < -0.39 is 12.4 Å². The summed E-state index contributed by atoms with van der Waals surface area (Å²) in [6.07, 6.45) is -0.809. The predicted octanol–water partition coefficient (Wildman–Crippen LogP) is -1.13. The van der Waals surface area contributed by atoms with Gasteiger partial charge in [-0.15, -0.1) is 0 Å². The summed E-state index contributed by atoms with van der Waals surface area (Å²) in [5.74, 6) is 0. The molecule has 0 aromatic carbocycles. The molecule has 0 saturated carbocycles. The number of hydrogen-bond donors (Lipinski definition) is 1. The average molecular weight is 144 g/mol. The fourth-order valence-corrected chi connectivity index (χ4v) is 1.66. The Morgan fingerprint density at radius 1 is 1.20 bits per heavy atom. The fraction of sp³-hybridized carbons (Fsp3) is 1.00. The molecule has 3 saturated heterocycles. The molecule has 3 aliphatic heterocycles. The van der Waals surface area contributed by atoms with Gasteiger partial charge in [0.25, 0.3) is 0 Å². The smallest absolute Gasteiger partial charge is 0.186 e. The van der Waals surface area contributed by atoms with Gasteiger partial charge in [0.15, 0.2) is 6.29 Å². The molecule has 4 nitrogen and oxygen atoms in total. The standard InChI is InChI=1S/C6H8O4/c7-3-5-4(10-5)2-1-8-6(3)9-2/h2-7H,1H2/t2?,3-,4-,5+,6?/m1/s1. The van der Waals surface area contributed by atoms with Crippen LogP contribution in [0.2, 0.25) is 0 Å². The van der Waals surface area contributed by atoms with E-state index in [0.29, 0.717) is 6.61 Å². The van der Waals surface area contributed by atoms with Gasteiger partial charge < -0.3 is 19.3 Å². The molecule has 5 atom stereocenters. The zero-order valence-electron chi connectivity index (χ0n) is 5.27. The largest absolute Gasteiger partial charge is 0.385 e. The Hall–Kier alpha value is -0.160. The first-order valence-corrected chi connectivity index (χ1v) is 3.47. The number of ether oxygens (including phenoxy) is 3. The Morgan fingerprint density at radius 3 is 3.00 bits per heavy atom. The van der Waals surface area contributed by atoms with Crippen LogP contribution in [0.5, 0.6) is 0 Å². The van der Waals surface area contributed by atoms with Gasteiger partial charge in [-0.2, -0.15) is 0 Å². The lowest BCUT2D eigenvalue weighted by Crippen LogP contribution is -2.39. The molecule has 3 rings (SSSR count). The molecule has 10 heavy (non-hydrogen) atoms. The van der Waals surface area contributed by atoms with Crippen molar-refractivity contribution in [3.8, 4) is 0 Å². The van der Waals surface area contributed by atoms with E-state index >= 15 is 0 Å². The maximum absolute atomic E-state index is 9.33. The van der Waals surface area contributed by atoms with E-state index in [1.54, 1.807) is 0 Å². The summed E-state index contributed by atoms with van der Waals surface area (Å²) in [4.78, 5) is 0. The Morgan fingerprint density at radius 2 is 2.10 bits per heavy atom. The number of aliphatic hydroxyl groups is 1. The average Bonchev–Trinajstić information content (AvgIpc) is 2.61. The van der Waals surface area contributed by atoms with Gasteiger partial charge in [-0.1, -0.05) is 0 Å². The third-order valence-corrected chi connectivity index (χ3v) is 2.28. The highest BCUT2D eigenvalue weighted by Gasteiger charge is 2.60. The quantitative estimate of drug-likeness (QED) is 0.437. The van der Waals surface area contributed by atoms with E-state index in [1.807, 2.05) is 0 Å². The molecular formula is C6H8O4. The molecule has 0 aromatic heterocycles. The predicted molar refractivity (Wildman–Crippen MR) is 29.3 cm³/mol. The number of epoxide rings is 1. The van der Waals surface area contributed by atoms with Crippen LogP contribution in [-0.2, 0) is 14.2 Å². The molecule has 56 valence electrons. The second-order valence-corrected chi connectivity index (χ2v) is 2.93. The molecule has 4 heteroatoms. The lowest BCUT2D eigenvalue weighted by atomic mass is 10.1. The van der Waals surface area contributed by atoms with Crippen molar-refractivity contribution in [2.24, 2.45) is 0 Å². The summed E-state index contributed by atoms with van der Waals surface area (Å²) in [7, 11) is 0. The monoisotopic (exact) mass is 144 g/mol.